The molecule has 0 atom stereocenters. The van der Waals surface area contributed by atoms with E-state index in [4.69, 9.17) is 6.92 Å². The molecule has 0 spiro atoms. The molecule has 24 heavy (non-hydrogen) atoms. The van der Waals surface area contributed by atoms with Crippen LogP contribution in [0.15, 0.2) is 65.6 Å². The largest absolute Gasteiger partial charge is 0.314 e. The predicted octanol–water partition coefficient (Wildman–Crippen LogP) is 3.94. The average Bonchev–Trinajstić information content (AvgIpc) is 2.99. The van der Waals surface area contributed by atoms with E-state index in [1.54, 1.807) is 36.4 Å². The summed E-state index contributed by atoms with van der Waals surface area (Å²) in [5, 5.41) is 0. The molecule has 0 saturated heterocycles. The molecule has 3 nitrogen and oxygen atoms in total. The second-order valence-electron chi connectivity index (χ2n) is 5.52. The van der Waals surface area contributed by atoms with E-state index in [0.29, 0.717) is 6.42 Å². The first-order chi connectivity index (χ1) is 11.4. The first-order valence-electron chi connectivity index (χ1n) is 7.37. The van der Waals surface area contributed by atoms with Gasteiger partial charge in [0, 0.05) is 17.6 Å². The summed E-state index contributed by atoms with van der Waals surface area (Å²) in [5.41, 5.74) is 3.39. The standard InChI is InChI=1S/C19H16FNO2S/c1-3-16-10-13-19(14-4-6-15(20)7-5-14)21(16)17-8-11-18(12-9-17)24(2,22)23/h1,4-13H,3H2,2H3. The molecule has 0 aliphatic carbocycles. The van der Waals surface area contributed by atoms with Gasteiger partial charge in [-0.25, -0.2) is 12.8 Å². The number of nitrogens with zero attached hydrogens (tertiary/aromatic N) is 1. The Hall–Kier alpha value is -2.40. The average molecular weight is 341 g/mol. The van der Waals surface area contributed by atoms with Crippen LogP contribution in [0.25, 0.3) is 16.9 Å². The highest BCUT2D eigenvalue weighted by Crippen LogP contribution is 2.28. The number of halogens is 1. The summed E-state index contributed by atoms with van der Waals surface area (Å²) in [6.07, 6.45) is 1.50. The van der Waals surface area contributed by atoms with Crippen molar-refractivity contribution in [1.29, 1.82) is 0 Å². The Morgan fingerprint density at radius 1 is 0.958 bits per heavy atom. The van der Waals surface area contributed by atoms with Crippen LogP contribution in [-0.4, -0.2) is 19.2 Å². The lowest BCUT2D eigenvalue weighted by Gasteiger charge is -2.14. The summed E-state index contributed by atoms with van der Waals surface area (Å²) in [6.45, 7) is 5.83. The minimum absolute atomic E-state index is 0.260. The summed E-state index contributed by atoms with van der Waals surface area (Å²) < 4.78 is 38.3. The molecule has 2 aromatic carbocycles. The van der Waals surface area contributed by atoms with Crippen molar-refractivity contribution in [2.45, 2.75) is 11.3 Å². The molecule has 1 aromatic heterocycles. The minimum Gasteiger partial charge on any atom is -0.314 e. The molecule has 0 amide bonds. The van der Waals surface area contributed by atoms with Crippen molar-refractivity contribution in [1.82, 2.24) is 4.57 Å². The second-order valence-corrected chi connectivity index (χ2v) is 7.54. The van der Waals surface area contributed by atoms with Gasteiger partial charge in [-0.1, -0.05) is 0 Å². The maximum Gasteiger partial charge on any atom is 0.175 e. The van der Waals surface area contributed by atoms with Gasteiger partial charge >= 0.3 is 0 Å². The van der Waals surface area contributed by atoms with Crippen LogP contribution in [0.3, 0.4) is 0 Å². The number of hydrogen-bond acceptors (Lipinski definition) is 2. The van der Waals surface area contributed by atoms with E-state index in [1.165, 1.54) is 18.4 Å². The molecule has 3 aromatic rings. The van der Waals surface area contributed by atoms with E-state index in [-0.39, 0.29) is 10.7 Å². The molecule has 0 bridgehead atoms. The van der Waals surface area contributed by atoms with E-state index >= 15 is 0 Å². The lowest BCUT2D eigenvalue weighted by atomic mass is 10.1. The highest BCUT2D eigenvalue weighted by molar-refractivity contribution is 7.90. The molecule has 0 aliphatic rings. The number of sulfone groups is 1. The van der Waals surface area contributed by atoms with Crippen molar-refractivity contribution in [2.24, 2.45) is 0 Å². The van der Waals surface area contributed by atoms with Gasteiger partial charge in [-0.15, -0.1) is 0 Å². The van der Waals surface area contributed by atoms with Gasteiger partial charge in [0.2, 0.25) is 0 Å². The fourth-order valence-corrected chi connectivity index (χ4v) is 3.26. The Morgan fingerprint density at radius 2 is 1.58 bits per heavy atom. The highest BCUT2D eigenvalue weighted by atomic mass is 32.2. The number of rotatable bonds is 4. The Morgan fingerprint density at radius 3 is 2.12 bits per heavy atom. The van der Waals surface area contributed by atoms with E-state index in [9.17, 15) is 12.8 Å². The first-order valence-corrected chi connectivity index (χ1v) is 9.26. The summed E-state index contributed by atoms with van der Waals surface area (Å²) in [5.74, 6) is -0.298. The fourth-order valence-electron chi connectivity index (χ4n) is 2.63. The normalized spacial score (nSPS) is 11.6. The molecule has 1 heterocycles. The van der Waals surface area contributed by atoms with Gasteiger partial charge in [0.15, 0.2) is 9.84 Å². The van der Waals surface area contributed by atoms with Crippen molar-refractivity contribution in [3.63, 3.8) is 0 Å². The summed E-state index contributed by atoms with van der Waals surface area (Å²) in [6, 6.07) is 16.6. The minimum atomic E-state index is -3.25. The monoisotopic (exact) mass is 341 g/mol. The van der Waals surface area contributed by atoms with Crippen LogP contribution < -0.4 is 0 Å². The quantitative estimate of drug-likeness (QED) is 0.721. The number of benzene rings is 2. The zero-order valence-corrected chi connectivity index (χ0v) is 13.9. The molecule has 0 aliphatic heterocycles. The molecule has 0 unspecified atom stereocenters. The van der Waals surface area contributed by atoms with Crippen LogP contribution in [0.5, 0.6) is 0 Å². The Bertz CT molecular complexity index is 956. The molecule has 5 heteroatoms. The number of aromatic nitrogens is 1. The summed E-state index contributed by atoms with van der Waals surface area (Å²) >= 11 is 0. The van der Waals surface area contributed by atoms with Gasteiger partial charge in [0.25, 0.3) is 0 Å². The van der Waals surface area contributed by atoms with Gasteiger partial charge in [0.05, 0.1) is 10.6 Å². The van der Waals surface area contributed by atoms with Gasteiger partial charge < -0.3 is 4.57 Å². The third-order valence-corrected chi connectivity index (χ3v) is 4.96. The molecule has 0 fully saturated rings. The zero-order chi connectivity index (χ0) is 17.3. The predicted molar refractivity (Wildman–Crippen MR) is 92.3 cm³/mol. The van der Waals surface area contributed by atoms with E-state index in [2.05, 4.69) is 0 Å². The van der Waals surface area contributed by atoms with Crippen LogP contribution >= 0.6 is 0 Å². The van der Waals surface area contributed by atoms with E-state index in [0.717, 1.165) is 22.6 Å². The van der Waals surface area contributed by atoms with Crippen molar-refractivity contribution >= 4 is 9.84 Å². The Labute approximate surface area is 141 Å². The lowest BCUT2D eigenvalue weighted by molar-refractivity contribution is 0.602. The lowest BCUT2D eigenvalue weighted by Crippen LogP contribution is -2.03. The smallest absolute Gasteiger partial charge is 0.175 e. The van der Waals surface area contributed by atoms with Gasteiger partial charge in [-0.2, -0.15) is 0 Å². The molecular weight excluding hydrogens is 325 g/mol. The maximum atomic E-state index is 13.2. The molecule has 0 N–H and O–H groups in total. The molecule has 122 valence electrons. The molecule has 2 radical (unpaired) electrons. The van der Waals surface area contributed by atoms with Crippen LogP contribution in [-0.2, 0) is 16.3 Å². The third kappa shape index (κ3) is 3.12. The van der Waals surface area contributed by atoms with Crippen molar-refractivity contribution in [3.8, 4) is 16.9 Å². The summed E-state index contributed by atoms with van der Waals surface area (Å²) in [4.78, 5) is 0.260. The Balaban J connectivity index is 2.13. The molecule has 3 rings (SSSR count). The number of hydrogen-bond donors (Lipinski definition) is 0. The van der Waals surface area contributed by atoms with Crippen LogP contribution in [0, 0.1) is 12.7 Å². The Kier molecular flexibility index (Phi) is 4.28. The van der Waals surface area contributed by atoms with Crippen molar-refractivity contribution in [2.75, 3.05) is 6.26 Å². The topological polar surface area (TPSA) is 39.1 Å². The van der Waals surface area contributed by atoms with Gasteiger partial charge in [-0.05, 0) is 79.6 Å². The SMILES string of the molecule is [CH]Cc1ccc(-c2ccc(F)cc2)n1-c1ccc(S(C)(=O)=O)cc1. The second kappa shape index (κ2) is 6.24. The molecule has 0 saturated carbocycles. The highest BCUT2D eigenvalue weighted by Gasteiger charge is 2.13. The van der Waals surface area contributed by atoms with Crippen LogP contribution in [0.1, 0.15) is 5.69 Å². The third-order valence-electron chi connectivity index (χ3n) is 3.83. The zero-order valence-electron chi connectivity index (χ0n) is 13.1. The van der Waals surface area contributed by atoms with Gasteiger partial charge in [-0.3, -0.25) is 0 Å². The van der Waals surface area contributed by atoms with Crippen molar-refractivity contribution < 1.29 is 12.8 Å². The summed E-state index contributed by atoms with van der Waals surface area (Å²) in [7, 11) is -3.25. The van der Waals surface area contributed by atoms with E-state index < -0.39 is 9.84 Å². The van der Waals surface area contributed by atoms with Crippen LogP contribution in [0.4, 0.5) is 4.39 Å². The van der Waals surface area contributed by atoms with E-state index in [1.807, 2.05) is 16.7 Å². The molecular formula is C19H16FNO2S. The maximum absolute atomic E-state index is 13.2. The fraction of sp³-hybridized carbons (Fsp3) is 0.105. The first kappa shape index (κ1) is 16.5. The van der Waals surface area contributed by atoms with Crippen molar-refractivity contribution in [3.05, 3.63) is 79.1 Å². The van der Waals surface area contributed by atoms with Gasteiger partial charge in [0.1, 0.15) is 5.82 Å². The van der Waals surface area contributed by atoms with Crippen LogP contribution in [0.2, 0.25) is 0 Å².